The van der Waals surface area contributed by atoms with E-state index < -0.39 is 0 Å². The van der Waals surface area contributed by atoms with E-state index in [2.05, 4.69) is 0 Å². The SMILES string of the molecule is Cl.NCCCC1CCSS1. The summed E-state index contributed by atoms with van der Waals surface area (Å²) in [6.07, 6.45) is 3.93. The van der Waals surface area contributed by atoms with Gasteiger partial charge in [0.2, 0.25) is 0 Å². The Kier molecular flexibility index (Phi) is 7.28. The minimum atomic E-state index is 0. The van der Waals surface area contributed by atoms with E-state index in [1.807, 2.05) is 21.6 Å². The highest BCUT2D eigenvalue weighted by atomic mass is 35.5. The molecule has 0 bridgehead atoms. The fraction of sp³-hybridized carbons (Fsp3) is 1.00. The zero-order valence-electron chi connectivity index (χ0n) is 5.91. The largest absolute Gasteiger partial charge is 0.330 e. The summed E-state index contributed by atoms with van der Waals surface area (Å²) < 4.78 is 0. The van der Waals surface area contributed by atoms with Gasteiger partial charge in [-0.25, -0.2) is 0 Å². The quantitative estimate of drug-likeness (QED) is 0.707. The number of rotatable bonds is 3. The van der Waals surface area contributed by atoms with Gasteiger partial charge in [0.1, 0.15) is 0 Å². The summed E-state index contributed by atoms with van der Waals surface area (Å²) >= 11 is 0. The maximum absolute atomic E-state index is 5.39. The maximum Gasteiger partial charge on any atom is 0.0160 e. The molecule has 1 nitrogen and oxygen atoms in total. The van der Waals surface area contributed by atoms with Crippen LogP contribution in [0.3, 0.4) is 0 Å². The molecule has 1 heterocycles. The van der Waals surface area contributed by atoms with Gasteiger partial charge < -0.3 is 5.73 Å². The Balaban J connectivity index is 0.000000810. The molecule has 0 saturated carbocycles. The van der Waals surface area contributed by atoms with Gasteiger partial charge in [-0.05, 0) is 25.8 Å². The highest BCUT2D eigenvalue weighted by Crippen LogP contribution is 2.39. The van der Waals surface area contributed by atoms with E-state index in [-0.39, 0.29) is 12.4 Å². The maximum atomic E-state index is 5.39. The second-order valence-electron chi connectivity index (χ2n) is 2.26. The van der Waals surface area contributed by atoms with Gasteiger partial charge in [0.15, 0.2) is 0 Å². The van der Waals surface area contributed by atoms with E-state index in [9.17, 15) is 0 Å². The van der Waals surface area contributed by atoms with Crippen LogP contribution in [-0.4, -0.2) is 17.5 Å². The van der Waals surface area contributed by atoms with Crippen LogP contribution in [0.4, 0.5) is 0 Å². The van der Waals surface area contributed by atoms with Crippen molar-refractivity contribution >= 4 is 34.0 Å². The fourth-order valence-electron chi connectivity index (χ4n) is 0.910. The standard InChI is InChI=1S/C6H13NS2.ClH/c7-4-1-2-6-3-5-8-9-6;/h6H,1-5,7H2;1H. The Morgan fingerprint density at radius 1 is 1.50 bits per heavy atom. The van der Waals surface area contributed by atoms with Crippen LogP contribution >= 0.6 is 34.0 Å². The third kappa shape index (κ3) is 3.96. The van der Waals surface area contributed by atoms with Crippen LogP contribution in [0.25, 0.3) is 0 Å². The summed E-state index contributed by atoms with van der Waals surface area (Å²) in [7, 11) is 4.05. The average molecular weight is 200 g/mol. The Labute approximate surface area is 76.7 Å². The lowest BCUT2D eigenvalue weighted by Crippen LogP contribution is -2.04. The first kappa shape index (κ1) is 11.0. The van der Waals surface area contributed by atoms with Crippen molar-refractivity contribution in [3.63, 3.8) is 0 Å². The van der Waals surface area contributed by atoms with Gasteiger partial charge in [0, 0.05) is 11.0 Å². The van der Waals surface area contributed by atoms with E-state index in [4.69, 9.17) is 5.73 Å². The molecule has 4 heteroatoms. The van der Waals surface area contributed by atoms with Crippen LogP contribution in [0.5, 0.6) is 0 Å². The summed E-state index contributed by atoms with van der Waals surface area (Å²) in [5.74, 6) is 1.35. The topological polar surface area (TPSA) is 26.0 Å². The molecule has 2 N–H and O–H groups in total. The fourth-order valence-corrected chi connectivity index (χ4v) is 3.94. The van der Waals surface area contributed by atoms with Gasteiger partial charge in [-0.1, -0.05) is 21.6 Å². The molecule has 1 saturated heterocycles. The zero-order valence-corrected chi connectivity index (χ0v) is 8.36. The van der Waals surface area contributed by atoms with Gasteiger partial charge in [-0.3, -0.25) is 0 Å². The molecule has 1 rings (SSSR count). The van der Waals surface area contributed by atoms with Gasteiger partial charge in [0.05, 0.1) is 0 Å². The van der Waals surface area contributed by atoms with Crippen LogP contribution in [0.2, 0.25) is 0 Å². The monoisotopic (exact) mass is 199 g/mol. The smallest absolute Gasteiger partial charge is 0.0160 e. The number of halogens is 1. The van der Waals surface area contributed by atoms with Crippen molar-refractivity contribution in [3.8, 4) is 0 Å². The molecule has 0 radical (unpaired) electrons. The van der Waals surface area contributed by atoms with E-state index in [1.54, 1.807) is 0 Å². The van der Waals surface area contributed by atoms with E-state index in [1.165, 1.54) is 25.0 Å². The van der Waals surface area contributed by atoms with Crippen molar-refractivity contribution in [1.82, 2.24) is 0 Å². The summed E-state index contributed by atoms with van der Waals surface area (Å²) in [6.45, 7) is 0.863. The Bertz CT molecular complexity index is 76.1. The lowest BCUT2D eigenvalue weighted by atomic mass is 10.2. The predicted octanol–water partition coefficient (Wildman–Crippen LogP) is 2.30. The molecule has 10 heavy (non-hydrogen) atoms. The van der Waals surface area contributed by atoms with Crippen molar-refractivity contribution in [3.05, 3.63) is 0 Å². The van der Waals surface area contributed by atoms with Crippen LogP contribution in [0, 0.1) is 0 Å². The summed E-state index contributed by atoms with van der Waals surface area (Å²) in [5, 5.41) is 0.915. The molecule has 1 fully saturated rings. The van der Waals surface area contributed by atoms with Crippen molar-refractivity contribution in [1.29, 1.82) is 0 Å². The zero-order chi connectivity index (χ0) is 6.53. The third-order valence-electron chi connectivity index (χ3n) is 1.46. The second-order valence-corrected chi connectivity index (χ2v) is 5.05. The molecule has 1 unspecified atom stereocenters. The molecule has 62 valence electrons. The Morgan fingerprint density at radius 2 is 2.30 bits per heavy atom. The number of hydrogen-bond donors (Lipinski definition) is 1. The van der Waals surface area contributed by atoms with Crippen LogP contribution < -0.4 is 5.73 Å². The second kappa shape index (κ2) is 6.65. The molecule has 0 aromatic carbocycles. The first-order valence-electron chi connectivity index (χ1n) is 3.42. The Hall–Kier alpha value is 0.950. The molecule has 0 aromatic heterocycles. The molecule has 1 aliphatic rings. The van der Waals surface area contributed by atoms with Crippen molar-refractivity contribution < 1.29 is 0 Å². The van der Waals surface area contributed by atoms with Crippen molar-refractivity contribution in [2.75, 3.05) is 12.3 Å². The minimum Gasteiger partial charge on any atom is -0.330 e. The number of hydrogen-bond acceptors (Lipinski definition) is 3. The molecule has 1 aliphatic heterocycles. The van der Waals surface area contributed by atoms with Crippen LogP contribution in [-0.2, 0) is 0 Å². The number of nitrogens with two attached hydrogens (primary N) is 1. The van der Waals surface area contributed by atoms with Gasteiger partial charge >= 0.3 is 0 Å². The molecule has 0 spiro atoms. The lowest BCUT2D eigenvalue weighted by Gasteiger charge is -2.03. The van der Waals surface area contributed by atoms with Crippen LogP contribution in [0.15, 0.2) is 0 Å². The van der Waals surface area contributed by atoms with Gasteiger partial charge in [0.25, 0.3) is 0 Å². The molecule has 1 atom stereocenters. The van der Waals surface area contributed by atoms with Gasteiger partial charge in [-0.2, -0.15) is 0 Å². The molecule has 0 amide bonds. The normalized spacial score (nSPS) is 24.3. The first-order chi connectivity index (χ1) is 4.43. The highest BCUT2D eigenvalue weighted by molar-refractivity contribution is 8.77. The molecular formula is C6H14ClNS2. The van der Waals surface area contributed by atoms with Crippen molar-refractivity contribution in [2.45, 2.75) is 24.5 Å². The highest BCUT2D eigenvalue weighted by Gasteiger charge is 2.14. The summed E-state index contributed by atoms with van der Waals surface area (Å²) in [5.41, 5.74) is 5.39. The van der Waals surface area contributed by atoms with Gasteiger partial charge in [-0.15, -0.1) is 12.4 Å². The minimum absolute atomic E-state index is 0. The van der Waals surface area contributed by atoms with E-state index in [0.717, 1.165) is 11.8 Å². The molecule has 0 aliphatic carbocycles. The average Bonchev–Trinajstić information content (AvgIpc) is 2.34. The van der Waals surface area contributed by atoms with Crippen molar-refractivity contribution in [2.24, 2.45) is 5.73 Å². The summed E-state index contributed by atoms with van der Waals surface area (Å²) in [4.78, 5) is 0. The summed E-state index contributed by atoms with van der Waals surface area (Å²) in [6, 6.07) is 0. The van der Waals surface area contributed by atoms with E-state index in [0.29, 0.717) is 0 Å². The lowest BCUT2D eigenvalue weighted by molar-refractivity contribution is 0.700. The first-order valence-corrected chi connectivity index (χ1v) is 5.80. The Morgan fingerprint density at radius 3 is 2.80 bits per heavy atom. The van der Waals surface area contributed by atoms with E-state index >= 15 is 0 Å². The third-order valence-corrected chi connectivity index (χ3v) is 4.46. The molecule has 0 aromatic rings. The van der Waals surface area contributed by atoms with Crippen LogP contribution in [0.1, 0.15) is 19.3 Å². The molecular weight excluding hydrogens is 186 g/mol. The predicted molar refractivity (Wildman–Crippen MR) is 54.0 cm³/mol.